The van der Waals surface area contributed by atoms with Crippen LogP contribution < -0.4 is 5.32 Å². The molecule has 1 heterocycles. The Bertz CT molecular complexity index is 504. The van der Waals surface area contributed by atoms with Crippen LogP contribution in [-0.4, -0.2) is 35.6 Å². The molecule has 1 N–H and O–H groups in total. The predicted octanol–water partition coefficient (Wildman–Crippen LogP) is 3.33. The molecule has 1 aromatic rings. The van der Waals surface area contributed by atoms with Crippen LogP contribution in [0.25, 0.3) is 0 Å². The molecule has 1 fully saturated rings. The molecule has 7 nitrogen and oxygen atoms in total. The molecule has 0 aliphatic heterocycles. The Morgan fingerprint density at radius 3 is 2.65 bits per heavy atom. The number of alkyl carbamates (subject to hydrolysis) is 1. The van der Waals surface area contributed by atoms with Crippen LogP contribution in [0.4, 0.5) is 4.79 Å². The van der Waals surface area contributed by atoms with Crippen molar-refractivity contribution in [3.63, 3.8) is 0 Å². The van der Waals surface area contributed by atoms with Gasteiger partial charge in [-0.05, 0) is 33.6 Å². The Kier molecular flexibility index (Phi) is 5.98. The lowest BCUT2D eigenvalue weighted by molar-refractivity contribution is 0.0449. The van der Waals surface area contributed by atoms with Gasteiger partial charge >= 0.3 is 6.09 Å². The number of aromatic nitrogens is 2. The standard InChI is InChI=1S/C16H27N3O4/c1-16(2,3)22-15(20)17-12(10-21-4)14-18-13(19-23-14)11-8-6-5-7-9-11/h11-12H,5-10H2,1-4H3,(H,17,20). The summed E-state index contributed by atoms with van der Waals surface area (Å²) in [5.74, 6) is 1.44. The third-order valence-corrected chi connectivity index (χ3v) is 3.75. The smallest absolute Gasteiger partial charge is 0.408 e. The van der Waals surface area contributed by atoms with E-state index in [2.05, 4.69) is 15.5 Å². The maximum absolute atomic E-state index is 11.9. The average molecular weight is 325 g/mol. The fraction of sp³-hybridized carbons (Fsp3) is 0.812. The van der Waals surface area contributed by atoms with E-state index in [0.717, 1.165) is 18.7 Å². The first-order chi connectivity index (χ1) is 10.9. The zero-order chi connectivity index (χ0) is 16.9. The predicted molar refractivity (Wildman–Crippen MR) is 84.1 cm³/mol. The number of nitrogens with zero attached hydrogens (tertiary/aromatic N) is 2. The Balaban J connectivity index is 2.02. The summed E-state index contributed by atoms with van der Waals surface area (Å²) in [7, 11) is 1.56. The molecule has 23 heavy (non-hydrogen) atoms. The Morgan fingerprint density at radius 1 is 1.35 bits per heavy atom. The lowest BCUT2D eigenvalue weighted by atomic mass is 9.89. The zero-order valence-electron chi connectivity index (χ0n) is 14.4. The number of rotatable bonds is 5. The minimum absolute atomic E-state index is 0.242. The van der Waals surface area contributed by atoms with Crippen molar-refractivity contribution in [3.8, 4) is 0 Å². The third-order valence-electron chi connectivity index (χ3n) is 3.75. The number of carbonyl (C=O) groups is 1. The van der Waals surface area contributed by atoms with Gasteiger partial charge in [0.1, 0.15) is 11.6 Å². The molecule has 0 saturated heterocycles. The highest BCUT2D eigenvalue weighted by Crippen LogP contribution is 2.31. The molecule has 1 amide bonds. The quantitative estimate of drug-likeness (QED) is 0.893. The van der Waals surface area contributed by atoms with E-state index in [1.807, 2.05) is 20.8 Å². The number of methoxy groups -OCH3 is 1. The number of ether oxygens (including phenoxy) is 2. The molecule has 1 aliphatic rings. The van der Waals surface area contributed by atoms with Gasteiger partial charge in [0.25, 0.3) is 5.89 Å². The molecule has 1 aromatic heterocycles. The topological polar surface area (TPSA) is 86.5 Å². The minimum atomic E-state index is -0.566. The van der Waals surface area contributed by atoms with Crippen LogP contribution in [0.1, 0.15) is 76.6 Å². The van der Waals surface area contributed by atoms with Crippen molar-refractivity contribution >= 4 is 6.09 Å². The summed E-state index contributed by atoms with van der Waals surface area (Å²) in [6.45, 7) is 5.68. The molecule has 2 rings (SSSR count). The zero-order valence-corrected chi connectivity index (χ0v) is 14.4. The van der Waals surface area contributed by atoms with Crippen LogP contribution in [0.5, 0.6) is 0 Å². The fourth-order valence-corrected chi connectivity index (χ4v) is 2.71. The molecular weight excluding hydrogens is 298 g/mol. The summed E-state index contributed by atoms with van der Waals surface area (Å²) in [5, 5.41) is 6.82. The summed E-state index contributed by atoms with van der Waals surface area (Å²) in [4.78, 5) is 16.4. The van der Waals surface area contributed by atoms with E-state index >= 15 is 0 Å². The van der Waals surface area contributed by atoms with Crippen LogP contribution >= 0.6 is 0 Å². The number of amides is 1. The van der Waals surface area contributed by atoms with Crippen LogP contribution in [-0.2, 0) is 9.47 Å². The minimum Gasteiger partial charge on any atom is -0.444 e. The largest absolute Gasteiger partial charge is 0.444 e. The Morgan fingerprint density at radius 2 is 2.04 bits per heavy atom. The summed E-state index contributed by atoms with van der Waals surface area (Å²) in [6, 6.07) is -0.514. The van der Waals surface area contributed by atoms with Crippen molar-refractivity contribution in [1.82, 2.24) is 15.5 Å². The van der Waals surface area contributed by atoms with Gasteiger partial charge in [0, 0.05) is 13.0 Å². The molecule has 0 aromatic carbocycles. The summed E-state index contributed by atoms with van der Waals surface area (Å²) >= 11 is 0. The van der Waals surface area contributed by atoms with Gasteiger partial charge in [-0.2, -0.15) is 4.98 Å². The van der Waals surface area contributed by atoms with E-state index < -0.39 is 17.7 Å². The highest BCUT2D eigenvalue weighted by Gasteiger charge is 2.27. The molecule has 0 bridgehead atoms. The van der Waals surface area contributed by atoms with Crippen LogP contribution in [0.2, 0.25) is 0 Å². The first-order valence-corrected chi connectivity index (χ1v) is 8.21. The third kappa shape index (κ3) is 5.49. The van der Waals surface area contributed by atoms with Crippen molar-refractivity contribution < 1.29 is 18.8 Å². The first kappa shape index (κ1) is 17.7. The van der Waals surface area contributed by atoms with Crippen molar-refractivity contribution in [2.75, 3.05) is 13.7 Å². The van der Waals surface area contributed by atoms with Crippen molar-refractivity contribution in [2.24, 2.45) is 0 Å². The van der Waals surface area contributed by atoms with Crippen molar-refractivity contribution in [3.05, 3.63) is 11.7 Å². The van der Waals surface area contributed by atoms with Gasteiger partial charge in [-0.3, -0.25) is 0 Å². The lowest BCUT2D eigenvalue weighted by Gasteiger charge is -2.22. The Hall–Kier alpha value is -1.63. The van der Waals surface area contributed by atoms with Gasteiger partial charge in [0.05, 0.1) is 6.61 Å². The molecular formula is C16H27N3O4. The number of hydrogen-bond acceptors (Lipinski definition) is 6. The maximum atomic E-state index is 11.9. The second-order valence-corrected chi connectivity index (χ2v) is 6.98. The highest BCUT2D eigenvalue weighted by molar-refractivity contribution is 5.68. The number of nitrogens with one attached hydrogen (secondary N) is 1. The molecule has 1 unspecified atom stereocenters. The maximum Gasteiger partial charge on any atom is 0.408 e. The van der Waals surface area contributed by atoms with Gasteiger partial charge in [-0.1, -0.05) is 24.4 Å². The van der Waals surface area contributed by atoms with E-state index in [4.69, 9.17) is 14.0 Å². The van der Waals surface area contributed by atoms with Crippen molar-refractivity contribution in [2.45, 2.75) is 70.4 Å². The normalized spacial score (nSPS) is 17.7. The van der Waals surface area contributed by atoms with E-state index in [1.54, 1.807) is 7.11 Å². The average Bonchev–Trinajstić information content (AvgIpc) is 2.95. The van der Waals surface area contributed by atoms with Crippen LogP contribution in [0.15, 0.2) is 4.52 Å². The van der Waals surface area contributed by atoms with E-state index in [1.165, 1.54) is 19.3 Å². The number of hydrogen-bond donors (Lipinski definition) is 1. The Labute approximate surface area is 137 Å². The fourth-order valence-electron chi connectivity index (χ4n) is 2.71. The van der Waals surface area contributed by atoms with Gasteiger partial charge in [0.2, 0.25) is 0 Å². The second kappa shape index (κ2) is 7.77. The van der Waals surface area contributed by atoms with E-state index in [9.17, 15) is 4.79 Å². The molecule has 130 valence electrons. The van der Waals surface area contributed by atoms with Crippen molar-refractivity contribution in [1.29, 1.82) is 0 Å². The van der Waals surface area contributed by atoms with Gasteiger partial charge in [0.15, 0.2) is 5.82 Å². The SMILES string of the molecule is COCC(NC(=O)OC(C)(C)C)c1nc(C2CCCCC2)no1. The summed E-state index contributed by atoms with van der Waals surface area (Å²) in [5.41, 5.74) is -0.566. The van der Waals surface area contributed by atoms with Gasteiger partial charge in [-0.15, -0.1) is 0 Å². The molecule has 1 atom stereocenters. The first-order valence-electron chi connectivity index (χ1n) is 8.21. The molecule has 0 spiro atoms. The highest BCUT2D eigenvalue weighted by atomic mass is 16.6. The molecule has 7 heteroatoms. The van der Waals surface area contributed by atoms with Crippen LogP contribution in [0, 0.1) is 0 Å². The molecule has 1 aliphatic carbocycles. The summed E-state index contributed by atoms with van der Waals surface area (Å²) in [6.07, 6.45) is 5.32. The monoisotopic (exact) mass is 325 g/mol. The second-order valence-electron chi connectivity index (χ2n) is 6.98. The van der Waals surface area contributed by atoms with Gasteiger partial charge < -0.3 is 19.3 Å². The molecule has 0 radical (unpaired) electrons. The lowest BCUT2D eigenvalue weighted by Crippen LogP contribution is -2.36. The van der Waals surface area contributed by atoms with E-state index in [-0.39, 0.29) is 6.61 Å². The number of carbonyl (C=O) groups excluding carboxylic acids is 1. The van der Waals surface area contributed by atoms with Gasteiger partial charge in [-0.25, -0.2) is 4.79 Å². The molecule has 1 saturated carbocycles. The van der Waals surface area contributed by atoms with Crippen LogP contribution in [0.3, 0.4) is 0 Å². The summed E-state index contributed by atoms with van der Waals surface area (Å²) < 4.78 is 15.8. The van der Waals surface area contributed by atoms with E-state index in [0.29, 0.717) is 11.8 Å².